The maximum atomic E-state index is 5.82. The van der Waals surface area contributed by atoms with Gasteiger partial charge in [-0.25, -0.2) is 0 Å². The highest BCUT2D eigenvalue weighted by Gasteiger charge is 2.07. The molecule has 0 saturated heterocycles. The predicted octanol–water partition coefficient (Wildman–Crippen LogP) is 3.03. The summed E-state index contributed by atoms with van der Waals surface area (Å²) >= 11 is 0. The molecule has 1 heterocycles. The van der Waals surface area contributed by atoms with Crippen LogP contribution in [0.15, 0.2) is 34.7 Å². The lowest BCUT2D eigenvalue weighted by atomic mass is 10.2. The molecule has 0 atom stereocenters. The molecule has 2 rings (SSSR count). The first-order valence-corrected chi connectivity index (χ1v) is 6.66. The Bertz CT molecular complexity index is 548. The number of rotatable bonds is 7. The molecule has 0 spiro atoms. The smallest absolute Gasteiger partial charge is 0.120 e. The lowest BCUT2D eigenvalue weighted by molar-refractivity contribution is 0.184. The molecule has 0 aliphatic carbocycles. The number of ether oxygens (including phenoxy) is 2. The van der Waals surface area contributed by atoms with E-state index in [0.29, 0.717) is 13.2 Å². The Morgan fingerprint density at radius 1 is 1.20 bits per heavy atom. The van der Waals surface area contributed by atoms with Crippen molar-refractivity contribution in [3.05, 3.63) is 53.0 Å². The third-order valence-corrected chi connectivity index (χ3v) is 3.03. The SMILES string of the molecule is CNCc1cc(COc2cccc(COC)c2)c(C)o1. The van der Waals surface area contributed by atoms with Crippen LogP contribution >= 0.6 is 0 Å². The Kier molecular flexibility index (Phi) is 5.21. The van der Waals surface area contributed by atoms with Crippen LogP contribution in [-0.2, 0) is 24.5 Å². The number of methoxy groups -OCH3 is 1. The third kappa shape index (κ3) is 3.85. The fraction of sp³-hybridized carbons (Fsp3) is 0.375. The van der Waals surface area contributed by atoms with Crippen LogP contribution in [0.2, 0.25) is 0 Å². The fourth-order valence-electron chi connectivity index (χ4n) is 2.05. The first-order valence-electron chi connectivity index (χ1n) is 6.66. The van der Waals surface area contributed by atoms with Gasteiger partial charge >= 0.3 is 0 Å². The van der Waals surface area contributed by atoms with Crippen LogP contribution in [0, 0.1) is 6.92 Å². The van der Waals surface area contributed by atoms with Gasteiger partial charge in [0.05, 0.1) is 13.2 Å². The van der Waals surface area contributed by atoms with Crippen LogP contribution in [0.5, 0.6) is 5.75 Å². The van der Waals surface area contributed by atoms with E-state index in [2.05, 4.69) is 5.32 Å². The molecule has 4 heteroatoms. The number of hydrogen-bond donors (Lipinski definition) is 1. The number of nitrogens with one attached hydrogen (secondary N) is 1. The lowest BCUT2D eigenvalue weighted by Crippen LogP contribution is -2.03. The zero-order valence-corrected chi connectivity index (χ0v) is 12.2. The van der Waals surface area contributed by atoms with Crippen molar-refractivity contribution in [2.45, 2.75) is 26.7 Å². The molecule has 108 valence electrons. The topological polar surface area (TPSA) is 43.6 Å². The van der Waals surface area contributed by atoms with Crippen LogP contribution in [-0.4, -0.2) is 14.2 Å². The highest BCUT2D eigenvalue weighted by molar-refractivity contribution is 5.29. The Balaban J connectivity index is 1.99. The molecule has 0 radical (unpaired) electrons. The van der Waals surface area contributed by atoms with Gasteiger partial charge in [0.1, 0.15) is 23.9 Å². The average Bonchev–Trinajstić information content (AvgIpc) is 2.78. The van der Waals surface area contributed by atoms with Gasteiger partial charge in [-0.15, -0.1) is 0 Å². The Morgan fingerprint density at radius 2 is 2.05 bits per heavy atom. The second-order valence-electron chi connectivity index (χ2n) is 4.69. The van der Waals surface area contributed by atoms with Crippen molar-refractivity contribution in [3.8, 4) is 5.75 Å². The van der Waals surface area contributed by atoms with Gasteiger partial charge in [0, 0.05) is 12.7 Å². The summed E-state index contributed by atoms with van der Waals surface area (Å²) in [4.78, 5) is 0. The van der Waals surface area contributed by atoms with Gasteiger partial charge in [0.2, 0.25) is 0 Å². The van der Waals surface area contributed by atoms with Gasteiger partial charge in [0.15, 0.2) is 0 Å². The predicted molar refractivity (Wildman–Crippen MR) is 77.7 cm³/mol. The molecule has 4 nitrogen and oxygen atoms in total. The highest BCUT2D eigenvalue weighted by atomic mass is 16.5. The monoisotopic (exact) mass is 275 g/mol. The Hall–Kier alpha value is -1.78. The minimum Gasteiger partial charge on any atom is -0.489 e. The molecule has 1 N–H and O–H groups in total. The summed E-state index contributed by atoms with van der Waals surface area (Å²) in [5.41, 5.74) is 2.18. The van der Waals surface area contributed by atoms with E-state index in [4.69, 9.17) is 13.9 Å². The summed E-state index contributed by atoms with van der Waals surface area (Å²) in [6.07, 6.45) is 0. The highest BCUT2D eigenvalue weighted by Crippen LogP contribution is 2.19. The van der Waals surface area contributed by atoms with Gasteiger partial charge in [0.25, 0.3) is 0 Å². The molecular formula is C16H21NO3. The molecule has 2 aromatic rings. The van der Waals surface area contributed by atoms with Crippen LogP contribution < -0.4 is 10.1 Å². The molecule has 0 aliphatic rings. The largest absolute Gasteiger partial charge is 0.489 e. The van der Waals surface area contributed by atoms with Crippen molar-refractivity contribution in [1.29, 1.82) is 0 Å². The number of benzene rings is 1. The van der Waals surface area contributed by atoms with Crippen LogP contribution in [0.4, 0.5) is 0 Å². The fourth-order valence-corrected chi connectivity index (χ4v) is 2.05. The van der Waals surface area contributed by atoms with Gasteiger partial charge < -0.3 is 19.2 Å². The van der Waals surface area contributed by atoms with E-state index in [9.17, 15) is 0 Å². The Labute approximate surface area is 119 Å². The summed E-state index contributed by atoms with van der Waals surface area (Å²) in [5.74, 6) is 2.68. The van der Waals surface area contributed by atoms with E-state index in [0.717, 1.165) is 34.9 Å². The number of aryl methyl sites for hydroxylation is 1. The van der Waals surface area contributed by atoms with Gasteiger partial charge in [-0.3, -0.25) is 0 Å². The van der Waals surface area contributed by atoms with E-state index < -0.39 is 0 Å². The number of furan rings is 1. The van der Waals surface area contributed by atoms with Crippen LogP contribution in [0.3, 0.4) is 0 Å². The van der Waals surface area contributed by atoms with Crippen molar-refractivity contribution in [3.63, 3.8) is 0 Å². The molecule has 0 bridgehead atoms. The van der Waals surface area contributed by atoms with Crippen molar-refractivity contribution >= 4 is 0 Å². The molecule has 20 heavy (non-hydrogen) atoms. The molecule has 0 amide bonds. The van der Waals surface area contributed by atoms with Crippen molar-refractivity contribution in [1.82, 2.24) is 5.32 Å². The summed E-state index contributed by atoms with van der Waals surface area (Å²) in [6, 6.07) is 9.96. The minimum absolute atomic E-state index is 0.509. The maximum Gasteiger partial charge on any atom is 0.120 e. The van der Waals surface area contributed by atoms with E-state index in [1.165, 1.54) is 0 Å². The molecular weight excluding hydrogens is 254 g/mol. The normalized spacial score (nSPS) is 10.8. The third-order valence-electron chi connectivity index (χ3n) is 3.03. The first-order chi connectivity index (χ1) is 9.72. The second-order valence-corrected chi connectivity index (χ2v) is 4.69. The molecule has 0 aliphatic heterocycles. The van der Waals surface area contributed by atoms with Gasteiger partial charge in [-0.1, -0.05) is 12.1 Å². The van der Waals surface area contributed by atoms with Gasteiger partial charge in [-0.2, -0.15) is 0 Å². The van der Waals surface area contributed by atoms with E-state index in [-0.39, 0.29) is 0 Å². The van der Waals surface area contributed by atoms with Crippen molar-refractivity contribution in [2.24, 2.45) is 0 Å². The second kappa shape index (κ2) is 7.12. The number of hydrogen-bond acceptors (Lipinski definition) is 4. The Morgan fingerprint density at radius 3 is 2.80 bits per heavy atom. The zero-order chi connectivity index (χ0) is 14.4. The summed E-state index contributed by atoms with van der Waals surface area (Å²) in [5, 5.41) is 3.07. The van der Waals surface area contributed by atoms with E-state index in [1.807, 2.05) is 44.3 Å². The van der Waals surface area contributed by atoms with E-state index >= 15 is 0 Å². The average molecular weight is 275 g/mol. The molecule has 0 unspecified atom stereocenters. The molecule has 1 aromatic carbocycles. The van der Waals surface area contributed by atoms with Crippen LogP contribution in [0.25, 0.3) is 0 Å². The summed E-state index contributed by atoms with van der Waals surface area (Å²) < 4.78 is 16.6. The molecule has 0 saturated carbocycles. The lowest BCUT2D eigenvalue weighted by Gasteiger charge is -2.07. The van der Waals surface area contributed by atoms with Crippen molar-refractivity contribution < 1.29 is 13.9 Å². The van der Waals surface area contributed by atoms with Crippen LogP contribution in [0.1, 0.15) is 22.6 Å². The zero-order valence-electron chi connectivity index (χ0n) is 12.2. The molecule has 0 fully saturated rings. The van der Waals surface area contributed by atoms with Gasteiger partial charge in [-0.05, 0) is 37.7 Å². The quantitative estimate of drug-likeness (QED) is 0.843. The molecule has 1 aromatic heterocycles. The standard InChI is InChI=1S/C16H21NO3/c1-12-14(8-16(20-12)9-17-2)11-19-15-6-4-5-13(7-15)10-18-3/h4-8,17H,9-11H2,1-3H3. The first kappa shape index (κ1) is 14.6. The van der Waals surface area contributed by atoms with E-state index in [1.54, 1.807) is 7.11 Å². The summed E-state index contributed by atoms with van der Waals surface area (Å²) in [6.45, 7) is 3.78. The van der Waals surface area contributed by atoms with Crippen molar-refractivity contribution in [2.75, 3.05) is 14.2 Å². The summed E-state index contributed by atoms with van der Waals surface area (Å²) in [7, 11) is 3.58. The maximum absolute atomic E-state index is 5.82. The minimum atomic E-state index is 0.509.